The van der Waals surface area contributed by atoms with Crippen molar-refractivity contribution in [1.82, 2.24) is 9.78 Å². The molecule has 0 saturated carbocycles. The zero-order chi connectivity index (χ0) is 7.56. The van der Waals surface area contributed by atoms with Gasteiger partial charge in [-0.1, -0.05) is 0 Å². The van der Waals surface area contributed by atoms with E-state index in [-0.39, 0.29) is 0 Å². The van der Waals surface area contributed by atoms with Crippen molar-refractivity contribution < 1.29 is 9.53 Å². The Labute approximate surface area is 57.4 Å². The Hall–Kier alpha value is -1.52. The summed E-state index contributed by atoms with van der Waals surface area (Å²) in [6.07, 6.45) is 1.43. The van der Waals surface area contributed by atoms with Gasteiger partial charge >= 0.3 is 6.03 Å². The second kappa shape index (κ2) is 2.38. The van der Waals surface area contributed by atoms with Crippen molar-refractivity contribution in [2.75, 3.05) is 7.11 Å². The number of nitrogens with zero attached hydrogens (tertiary/aromatic N) is 2. The Kier molecular flexibility index (Phi) is 1.57. The fraction of sp³-hybridized carbons (Fsp3) is 0.200. The molecule has 0 aliphatic rings. The van der Waals surface area contributed by atoms with E-state index in [2.05, 4.69) is 5.10 Å². The fourth-order valence-electron chi connectivity index (χ4n) is 0.539. The molecular weight excluding hydrogens is 134 g/mol. The SMILES string of the molecule is COc1ccn(C(N)=O)n1. The molecule has 2 N–H and O–H groups in total. The normalized spacial score (nSPS) is 9.30. The lowest BCUT2D eigenvalue weighted by molar-refractivity contribution is 0.247. The molecule has 54 valence electrons. The molecule has 0 aliphatic heterocycles. The summed E-state index contributed by atoms with van der Waals surface area (Å²) in [7, 11) is 1.47. The van der Waals surface area contributed by atoms with Crippen molar-refractivity contribution in [3.63, 3.8) is 0 Å². The van der Waals surface area contributed by atoms with Crippen LogP contribution in [0.2, 0.25) is 0 Å². The number of carbonyl (C=O) groups is 1. The molecule has 0 aliphatic carbocycles. The van der Waals surface area contributed by atoms with Crippen molar-refractivity contribution in [3.05, 3.63) is 12.3 Å². The van der Waals surface area contributed by atoms with E-state index < -0.39 is 6.03 Å². The number of aromatic nitrogens is 2. The van der Waals surface area contributed by atoms with Crippen LogP contribution in [-0.4, -0.2) is 22.9 Å². The van der Waals surface area contributed by atoms with Gasteiger partial charge in [0.2, 0.25) is 5.88 Å². The highest BCUT2D eigenvalue weighted by Gasteiger charge is 2.00. The van der Waals surface area contributed by atoms with E-state index in [1.165, 1.54) is 13.3 Å². The zero-order valence-electron chi connectivity index (χ0n) is 5.44. The largest absolute Gasteiger partial charge is 0.480 e. The minimum Gasteiger partial charge on any atom is -0.480 e. The summed E-state index contributed by atoms with van der Waals surface area (Å²) in [4.78, 5) is 10.4. The lowest BCUT2D eigenvalue weighted by Crippen LogP contribution is -2.19. The highest BCUT2D eigenvalue weighted by molar-refractivity contribution is 5.73. The summed E-state index contributed by atoms with van der Waals surface area (Å²) < 4.78 is 5.70. The molecule has 10 heavy (non-hydrogen) atoms. The molecule has 1 amide bonds. The molecule has 1 rings (SSSR count). The quantitative estimate of drug-likeness (QED) is 0.589. The van der Waals surface area contributed by atoms with Gasteiger partial charge in [-0.15, -0.1) is 5.10 Å². The van der Waals surface area contributed by atoms with Gasteiger partial charge in [0, 0.05) is 12.3 Å². The second-order valence-corrected chi connectivity index (χ2v) is 1.64. The predicted molar refractivity (Wildman–Crippen MR) is 33.8 cm³/mol. The van der Waals surface area contributed by atoms with Gasteiger partial charge in [-0.3, -0.25) is 0 Å². The van der Waals surface area contributed by atoms with Crippen LogP contribution in [0.3, 0.4) is 0 Å². The summed E-state index contributed by atoms with van der Waals surface area (Å²) in [5.41, 5.74) is 4.89. The number of amides is 1. The third kappa shape index (κ3) is 1.07. The summed E-state index contributed by atoms with van der Waals surface area (Å²) in [6, 6.07) is 0.924. The first-order valence-electron chi connectivity index (χ1n) is 2.63. The molecule has 5 heteroatoms. The van der Waals surface area contributed by atoms with Crippen LogP contribution < -0.4 is 10.5 Å². The number of rotatable bonds is 1. The summed E-state index contributed by atoms with van der Waals surface area (Å²) in [6.45, 7) is 0. The van der Waals surface area contributed by atoms with Gasteiger partial charge < -0.3 is 10.5 Å². The van der Waals surface area contributed by atoms with E-state index in [0.717, 1.165) is 4.68 Å². The van der Waals surface area contributed by atoms with Crippen molar-refractivity contribution in [2.45, 2.75) is 0 Å². The first-order chi connectivity index (χ1) is 4.74. The zero-order valence-corrected chi connectivity index (χ0v) is 5.44. The first-order valence-corrected chi connectivity index (χ1v) is 2.63. The molecule has 1 aromatic heterocycles. The molecule has 5 nitrogen and oxygen atoms in total. The van der Waals surface area contributed by atoms with Gasteiger partial charge in [0.25, 0.3) is 0 Å². The van der Waals surface area contributed by atoms with E-state index in [4.69, 9.17) is 10.5 Å². The van der Waals surface area contributed by atoms with Crippen LogP contribution in [-0.2, 0) is 0 Å². The van der Waals surface area contributed by atoms with Crippen molar-refractivity contribution in [3.8, 4) is 5.88 Å². The van der Waals surface area contributed by atoms with E-state index in [0.29, 0.717) is 5.88 Å². The molecule has 0 atom stereocenters. The molecule has 0 bridgehead atoms. The third-order valence-electron chi connectivity index (χ3n) is 1.000. The number of ether oxygens (including phenoxy) is 1. The highest BCUT2D eigenvalue weighted by atomic mass is 16.5. The molecule has 1 aromatic rings. The van der Waals surface area contributed by atoms with Crippen LogP contribution >= 0.6 is 0 Å². The number of carbonyl (C=O) groups excluding carboxylic acids is 1. The molecule has 0 radical (unpaired) electrons. The maximum atomic E-state index is 10.4. The van der Waals surface area contributed by atoms with Gasteiger partial charge in [-0.2, -0.15) is 4.68 Å². The average molecular weight is 141 g/mol. The van der Waals surface area contributed by atoms with Gasteiger partial charge in [-0.05, 0) is 0 Å². The molecule has 0 spiro atoms. The van der Waals surface area contributed by atoms with E-state index >= 15 is 0 Å². The molecule has 0 saturated heterocycles. The van der Waals surface area contributed by atoms with Gasteiger partial charge in [0.05, 0.1) is 7.11 Å². The summed E-state index contributed by atoms with van der Waals surface area (Å²) >= 11 is 0. The molecule has 0 aromatic carbocycles. The number of hydrogen-bond acceptors (Lipinski definition) is 3. The maximum Gasteiger partial charge on any atom is 0.339 e. The second-order valence-electron chi connectivity index (χ2n) is 1.64. The van der Waals surface area contributed by atoms with Crippen LogP contribution in [0.4, 0.5) is 4.79 Å². The van der Waals surface area contributed by atoms with Crippen LogP contribution in [0, 0.1) is 0 Å². The predicted octanol–water partition coefficient (Wildman–Crippen LogP) is -0.182. The summed E-state index contributed by atoms with van der Waals surface area (Å²) in [5.74, 6) is 0.374. The lowest BCUT2D eigenvalue weighted by atomic mass is 10.7. The minimum absolute atomic E-state index is 0.374. The smallest absolute Gasteiger partial charge is 0.339 e. The average Bonchev–Trinajstić information content (AvgIpc) is 2.34. The van der Waals surface area contributed by atoms with Crippen molar-refractivity contribution >= 4 is 6.03 Å². The molecule has 0 unspecified atom stereocenters. The number of primary amides is 1. The highest BCUT2D eigenvalue weighted by Crippen LogP contribution is 2.02. The number of nitrogens with two attached hydrogens (primary N) is 1. The van der Waals surface area contributed by atoms with Gasteiger partial charge in [-0.25, -0.2) is 4.79 Å². The fourth-order valence-corrected chi connectivity index (χ4v) is 0.539. The molecule has 0 fully saturated rings. The van der Waals surface area contributed by atoms with Crippen LogP contribution in [0.15, 0.2) is 12.3 Å². The topological polar surface area (TPSA) is 70.1 Å². The molecular formula is C5H7N3O2. The van der Waals surface area contributed by atoms with Crippen LogP contribution in [0.25, 0.3) is 0 Å². The Bertz CT molecular complexity index is 243. The van der Waals surface area contributed by atoms with Crippen LogP contribution in [0.5, 0.6) is 5.88 Å². The van der Waals surface area contributed by atoms with Crippen molar-refractivity contribution in [1.29, 1.82) is 0 Å². The Morgan fingerprint density at radius 1 is 1.90 bits per heavy atom. The van der Waals surface area contributed by atoms with E-state index in [9.17, 15) is 4.79 Å². The third-order valence-corrected chi connectivity index (χ3v) is 1.000. The van der Waals surface area contributed by atoms with Gasteiger partial charge in [0.15, 0.2) is 0 Å². The minimum atomic E-state index is -0.622. The standard InChI is InChI=1S/C5H7N3O2/c1-10-4-2-3-8(7-4)5(6)9/h2-3H,1H3,(H2,6,9). The maximum absolute atomic E-state index is 10.4. The van der Waals surface area contributed by atoms with Gasteiger partial charge in [0.1, 0.15) is 0 Å². The molecule has 1 heterocycles. The van der Waals surface area contributed by atoms with E-state index in [1.807, 2.05) is 0 Å². The Morgan fingerprint density at radius 3 is 2.90 bits per heavy atom. The summed E-state index contributed by atoms with van der Waals surface area (Å²) in [5, 5.41) is 3.65. The van der Waals surface area contributed by atoms with E-state index in [1.54, 1.807) is 6.07 Å². The Balaban J connectivity index is 2.88. The monoisotopic (exact) mass is 141 g/mol. The lowest BCUT2D eigenvalue weighted by Gasteiger charge is -1.90. The number of hydrogen-bond donors (Lipinski definition) is 1. The number of methoxy groups -OCH3 is 1. The first kappa shape index (κ1) is 6.60. The Morgan fingerprint density at radius 2 is 2.60 bits per heavy atom. The van der Waals surface area contributed by atoms with Crippen LogP contribution in [0.1, 0.15) is 0 Å². The van der Waals surface area contributed by atoms with Crippen molar-refractivity contribution in [2.24, 2.45) is 5.73 Å².